The lowest BCUT2D eigenvalue weighted by atomic mass is 10.1. The average molecular weight is 426 g/mol. The SMILES string of the molecule is O=C(NCC1CCCCN1S(=O)(=O)c1ccc(F)cc1Cl)Nc1ccccc1. The maximum atomic E-state index is 13.3. The summed E-state index contributed by atoms with van der Waals surface area (Å²) < 4.78 is 40.8. The zero-order valence-electron chi connectivity index (χ0n) is 15.1. The Bertz CT molecular complexity index is 941. The van der Waals surface area contributed by atoms with Crippen LogP contribution in [-0.4, -0.2) is 37.9 Å². The highest BCUT2D eigenvalue weighted by molar-refractivity contribution is 7.89. The molecule has 1 fully saturated rings. The highest BCUT2D eigenvalue weighted by Gasteiger charge is 2.34. The number of hydrogen-bond acceptors (Lipinski definition) is 3. The van der Waals surface area contributed by atoms with Crippen molar-refractivity contribution in [1.29, 1.82) is 0 Å². The Morgan fingerprint density at radius 3 is 2.64 bits per heavy atom. The van der Waals surface area contributed by atoms with Crippen LogP contribution >= 0.6 is 11.6 Å². The maximum absolute atomic E-state index is 13.3. The molecule has 6 nitrogen and oxygen atoms in total. The molecule has 0 aromatic heterocycles. The van der Waals surface area contributed by atoms with E-state index in [1.54, 1.807) is 24.3 Å². The molecule has 1 aliphatic rings. The number of hydrogen-bond donors (Lipinski definition) is 2. The van der Waals surface area contributed by atoms with E-state index in [2.05, 4.69) is 10.6 Å². The van der Waals surface area contributed by atoms with Gasteiger partial charge in [0, 0.05) is 24.8 Å². The van der Waals surface area contributed by atoms with Gasteiger partial charge in [0.1, 0.15) is 10.7 Å². The van der Waals surface area contributed by atoms with Crippen LogP contribution in [0.5, 0.6) is 0 Å². The van der Waals surface area contributed by atoms with Gasteiger partial charge in [-0.15, -0.1) is 0 Å². The molecule has 1 unspecified atom stereocenters. The van der Waals surface area contributed by atoms with E-state index in [1.165, 1.54) is 10.4 Å². The number of carbonyl (C=O) groups excluding carboxylic acids is 1. The minimum atomic E-state index is -3.90. The second-order valence-electron chi connectivity index (χ2n) is 6.54. The van der Waals surface area contributed by atoms with E-state index in [1.807, 2.05) is 6.07 Å². The van der Waals surface area contributed by atoms with E-state index in [0.29, 0.717) is 25.1 Å². The van der Waals surface area contributed by atoms with Crippen molar-refractivity contribution in [3.8, 4) is 0 Å². The summed E-state index contributed by atoms with van der Waals surface area (Å²) in [6, 6.07) is 11.4. The molecule has 2 amide bonds. The first-order valence-electron chi connectivity index (χ1n) is 8.95. The van der Waals surface area contributed by atoms with Gasteiger partial charge in [-0.05, 0) is 43.2 Å². The number of nitrogens with zero attached hydrogens (tertiary/aromatic N) is 1. The molecule has 1 saturated heterocycles. The van der Waals surface area contributed by atoms with Gasteiger partial charge in [0.2, 0.25) is 10.0 Å². The Labute approximate surface area is 168 Å². The standard InChI is InChI=1S/C19H21ClFN3O3S/c20-17-12-14(21)9-10-18(17)28(26,27)24-11-5-4-8-16(24)13-22-19(25)23-15-6-2-1-3-7-15/h1-3,6-7,9-10,12,16H,4-5,8,11,13H2,(H2,22,23,25). The van der Waals surface area contributed by atoms with Crippen LogP contribution in [0, 0.1) is 5.82 Å². The smallest absolute Gasteiger partial charge is 0.319 e. The normalized spacial score (nSPS) is 17.9. The number of benzene rings is 2. The van der Waals surface area contributed by atoms with Crippen molar-refractivity contribution in [2.45, 2.75) is 30.2 Å². The van der Waals surface area contributed by atoms with Gasteiger partial charge >= 0.3 is 6.03 Å². The van der Waals surface area contributed by atoms with Crippen LogP contribution in [0.3, 0.4) is 0 Å². The van der Waals surface area contributed by atoms with E-state index in [-0.39, 0.29) is 16.5 Å². The number of carbonyl (C=O) groups is 1. The fourth-order valence-electron chi connectivity index (χ4n) is 3.21. The average Bonchev–Trinajstić information content (AvgIpc) is 2.67. The van der Waals surface area contributed by atoms with Crippen molar-refractivity contribution in [2.75, 3.05) is 18.4 Å². The predicted molar refractivity (Wildman–Crippen MR) is 106 cm³/mol. The number of para-hydroxylation sites is 1. The van der Waals surface area contributed by atoms with Crippen LogP contribution in [0.15, 0.2) is 53.4 Å². The van der Waals surface area contributed by atoms with Gasteiger partial charge in [-0.2, -0.15) is 4.31 Å². The summed E-state index contributed by atoms with van der Waals surface area (Å²) in [5.74, 6) is -0.599. The number of piperidine rings is 1. The molecule has 3 rings (SSSR count). The summed E-state index contributed by atoms with van der Waals surface area (Å²) in [6.07, 6.45) is 2.18. The van der Waals surface area contributed by atoms with Crippen molar-refractivity contribution < 1.29 is 17.6 Å². The lowest BCUT2D eigenvalue weighted by molar-refractivity contribution is 0.231. The Balaban J connectivity index is 1.70. The van der Waals surface area contributed by atoms with Crippen molar-refractivity contribution >= 4 is 33.3 Å². The van der Waals surface area contributed by atoms with E-state index < -0.39 is 27.9 Å². The summed E-state index contributed by atoms with van der Waals surface area (Å²) in [5, 5.41) is 5.28. The van der Waals surface area contributed by atoms with Gasteiger partial charge < -0.3 is 10.6 Å². The second-order valence-corrected chi connectivity index (χ2v) is 8.81. The summed E-state index contributed by atoms with van der Waals surface area (Å²) in [6.45, 7) is 0.486. The summed E-state index contributed by atoms with van der Waals surface area (Å²) in [7, 11) is -3.90. The molecule has 2 N–H and O–H groups in total. The van der Waals surface area contributed by atoms with Gasteiger partial charge in [-0.25, -0.2) is 17.6 Å². The molecule has 0 spiro atoms. The minimum absolute atomic E-state index is 0.129. The Morgan fingerprint density at radius 1 is 1.18 bits per heavy atom. The molecule has 150 valence electrons. The first-order valence-corrected chi connectivity index (χ1v) is 10.8. The van der Waals surface area contributed by atoms with Crippen molar-refractivity contribution in [1.82, 2.24) is 9.62 Å². The number of rotatable bonds is 5. The maximum Gasteiger partial charge on any atom is 0.319 e. The van der Waals surface area contributed by atoms with Gasteiger partial charge in [0.15, 0.2) is 0 Å². The highest BCUT2D eigenvalue weighted by Crippen LogP contribution is 2.29. The molecule has 1 atom stereocenters. The van der Waals surface area contributed by atoms with Gasteiger partial charge in [-0.1, -0.05) is 36.2 Å². The number of urea groups is 1. The fraction of sp³-hybridized carbons (Fsp3) is 0.316. The number of sulfonamides is 1. The van der Waals surface area contributed by atoms with E-state index in [0.717, 1.165) is 18.6 Å². The van der Waals surface area contributed by atoms with Gasteiger partial charge in [0.25, 0.3) is 0 Å². The van der Waals surface area contributed by atoms with Crippen molar-refractivity contribution in [3.05, 3.63) is 59.4 Å². The van der Waals surface area contributed by atoms with Gasteiger partial charge in [-0.3, -0.25) is 0 Å². The first-order chi connectivity index (χ1) is 13.4. The Kier molecular flexibility index (Phi) is 6.53. The Morgan fingerprint density at radius 2 is 1.93 bits per heavy atom. The first kappa shape index (κ1) is 20.6. The molecule has 28 heavy (non-hydrogen) atoms. The largest absolute Gasteiger partial charge is 0.336 e. The molecule has 9 heteroatoms. The summed E-state index contributed by atoms with van der Waals surface area (Å²) in [4.78, 5) is 12.0. The third-order valence-electron chi connectivity index (χ3n) is 4.58. The zero-order chi connectivity index (χ0) is 20.1. The van der Waals surface area contributed by atoms with Crippen LogP contribution in [0.4, 0.5) is 14.9 Å². The third-order valence-corrected chi connectivity index (χ3v) is 7.02. The molecular weight excluding hydrogens is 405 g/mol. The zero-order valence-corrected chi connectivity index (χ0v) is 16.6. The van der Waals surface area contributed by atoms with Crippen molar-refractivity contribution in [2.24, 2.45) is 0 Å². The number of halogens is 2. The summed E-state index contributed by atoms with van der Waals surface area (Å²) >= 11 is 5.97. The van der Waals surface area contributed by atoms with Crippen LogP contribution in [-0.2, 0) is 10.0 Å². The fourth-order valence-corrected chi connectivity index (χ4v) is 5.41. The molecule has 1 aliphatic heterocycles. The molecule has 0 radical (unpaired) electrons. The molecule has 2 aromatic carbocycles. The third kappa shape index (κ3) is 4.81. The van der Waals surface area contributed by atoms with Crippen LogP contribution in [0.2, 0.25) is 5.02 Å². The molecule has 2 aromatic rings. The van der Waals surface area contributed by atoms with Crippen molar-refractivity contribution in [3.63, 3.8) is 0 Å². The van der Waals surface area contributed by atoms with Gasteiger partial charge in [0.05, 0.1) is 5.02 Å². The molecule has 1 heterocycles. The topological polar surface area (TPSA) is 78.5 Å². The van der Waals surface area contributed by atoms with E-state index in [9.17, 15) is 17.6 Å². The number of amides is 2. The summed E-state index contributed by atoms with van der Waals surface area (Å²) in [5.41, 5.74) is 0.645. The lowest BCUT2D eigenvalue weighted by Gasteiger charge is -2.35. The number of anilines is 1. The highest BCUT2D eigenvalue weighted by atomic mass is 35.5. The molecule has 0 bridgehead atoms. The quantitative estimate of drug-likeness (QED) is 0.763. The minimum Gasteiger partial charge on any atom is -0.336 e. The monoisotopic (exact) mass is 425 g/mol. The molecule has 0 aliphatic carbocycles. The van der Waals surface area contributed by atoms with E-state index >= 15 is 0 Å². The second kappa shape index (κ2) is 8.89. The molecular formula is C19H21ClFN3O3S. The lowest BCUT2D eigenvalue weighted by Crippen LogP contribution is -2.49. The van der Waals surface area contributed by atoms with Crippen LogP contribution in [0.25, 0.3) is 0 Å². The predicted octanol–water partition coefficient (Wildman–Crippen LogP) is 3.84. The van der Waals surface area contributed by atoms with Crippen LogP contribution < -0.4 is 10.6 Å². The number of nitrogens with one attached hydrogen (secondary N) is 2. The Hall–Kier alpha value is -2.16. The molecule has 0 saturated carbocycles. The van der Waals surface area contributed by atoms with E-state index in [4.69, 9.17) is 11.6 Å². The van der Waals surface area contributed by atoms with Crippen LogP contribution in [0.1, 0.15) is 19.3 Å².